The molecule has 1 saturated heterocycles. The van der Waals surface area contributed by atoms with Crippen LogP contribution in [0.3, 0.4) is 0 Å². The number of carboxylic acid groups (broad SMARTS) is 1. The van der Waals surface area contributed by atoms with E-state index < -0.39 is 5.97 Å². The van der Waals surface area contributed by atoms with E-state index in [1.54, 1.807) is 12.1 Å². The van der Waals surface area contributed by atoms with E-state index in [1.807, 2.05) is 60.7 Å². The Balaban J connectivity index is 1.47. The third-order valence-corrected chi connectivity index (χ3v) is 7.07. The van der Waals surface area contributed by atoms with Crippen molar-refractivity contribution < 1.29 is 19.4 Å². The normalized spacial score (nSPS) is 15.4. The lowest BCUT2D eigenvalue weighted by atomic mass is 10.0. The van der Waals surface area contributed by atoms with E-state index in [0.29, 0.717) is 33.1 Å². The van der Waals surface area contributed by atoms with Crippen LogP contribution in [0.15, 0.2) is 88.8 Å². The molecule has 0 unspecified atom stereocenters. The summed E-state index contributed by atoms with van der Waals surface area (Å²) < 4.78 is 6.16. The fourth-order valence-electron chi connectivity index (χ4n) is 3.77. The number of aliphatic imine (C=N–C) groups is 1. The molecule has 0 radical (unpaired) electrons. The van der Waals surface area contributed by atoms with Crippen molar-refractivity contribution in [1.82, 2.24) is 5.32 Å². The molecule has 0 spiro atoms. The van der Waals surface area contributed by atoms with Crippen LogP contribution in [0.4, 0.5) is 5.69 Å². The Morgan fingerprint density at radius 2 is 1.81 bits per heavy atom. The minimum absolute atomic E-state index is 0.0631. The van der Waals surface area contributed by atoms with Crippen LogP contribution < -0.4 is 10.1 Å². The monoisotopic (exact) mass is 548 g/mol. The summed E-state index contributed by atoms with van der Waals surface area (Å²) in [6.07, 6.45) is 1.78. The first-order valence-corrected chi connectivity index (χ1v) is 12.7. The van der Waals surface area contributed by atoms with Crippen LogP contribution in [0.25, 0.3) is 16.8 Å². The van der Waals surface area contributed by atoms with Gasteiger partial charge in [-0.15, -0.1) is 0 Å². The Kier molecular flexibility index (Phi) is 7.19. The van der Waals surface area contributed by atoms with Gasteiger partial charge in [-0.1, -0.05) is 65.7 Å². The second kappa shape index (κ2) is 10.7. The van der Waals surface area contributed by atoms with Crippen LogP contribution >= 0.6 is 35.0 Å². The van der Waals surface area contributed by atoms with Crippen LogP contribution in [0, 0.1) is 0 Å². The molecule has 0 saturated carbocycles. The summed E-state index contributed by atoms with van der Waals surface area (Å²) in [5, 5.41) is 15.1. The largest absolute Gasteiger partial charge is 0.488 e. The van der Waals surface area contributed by atoms with Gasteiger partial charge in [0.2, 0.25) is 0 Å². The van der Waals surface area contributed by atoms with Gasteiger partial charge in [-0.05, 0) is 70.6 Å². The highest BCUT2D eigenvalue weighted by Crippen LogP contribution is 2.35. The minimum atomic E-state index is -1.15. The number of ether oxygens (including phenoxy) is 1. The average Bonchev–Trinajstić information content (AvgIpc) is 3.23. The number of carbonyl (C=O) groups excluding carboxylic acids is 1. The summed E-state index contributed by atoms with van der Waals surface area (Å²) in [6.45, 7) is 0.334. The molecule has 1 aliphatic rings. The summed E-state index contributed by atoms with van der Waals surface area (Å²) in [5.74, 6) is -0.839. The molecule has 5 rings (SSSR count). The number of rotatable bonds is 6. The van der Waals surface area contributed by atoms with Gasteiger partial charge in [0.15, 0.2) is 5.17 Å². The Hall–Kier alpha value is -3.78. The zero-order chi connectivity index (χ0) is 25.9. The maximum atomic E-state index is 12.8. The summed E-state index contributed by atoms with van der Waals surface area (Å²) in [5.41, 5.74) is 2.03. The van der Waals surface area contributed by atoms with Crippen LogP contribution in [-0.2, 0) is 11.4 Å². The standard InChI is InChI=1S/C28H18Cl2N2O4S/c29-18-8-5-16(6-9-18)15-36-24-12-7-17-3-1-2-4-20(17)21(24)14-25-26(33)32-28(37-25)31-19-10-11-23(30)22(13-19)27(34)35/h1-14H,15H2,(H,34,35)(H,31,32,33)/b25-14-. The van der Waals surface area contributed by atoms with Crippen molar-refractivity contribution in [3.8, 4) is 5.75 Å². The van der Waals surface area contributed by atoms with Crippen molar-refractivity contribution in [2.45, 2.75) is 6.61 Å². The number of fused-ring (bicyclic) bond motifs is 1. The number of carbonyl (C=O) groups is 2. The van der Waals surface area contributed by atoms with Gasteiger partial charge in [-0.3, -0.25) is 4.79 Å². The molecule has 0 atom stereocenters. The van der Waals surface area contributed by atoms with Crippen LogP contribution in [0.1, 0.15) is 21.5 Å². The highest BCUT2D eigenvalue weighted by Gasteiger charge is 2.25. The van der Waals surface area contributed by atoms with Gasteiger partial charge in [-0.2, -0.15) is 0 Å². The highest BCUT2D eigenvalue weighted by molar-refractivity contribution is 8.18. The molecule has 0 aromatic heterocycles. The van der Waals surface area contributed by atoms with E-state index in [2.05, 4.69) is 10.3 Å². The third-order valence-electron chi connectivity index (χ3n) is 5.58. The third kappa shape index (κ3) is 5.64. The number of nitrogens with one attached hydrogen (secondary N) is 1. The molecule has 1 fully saturated rings. The van der Waals surface area contributed by atoms with Gasteiger partial charge in [-0.25, -0.2) is 9.79 Å². The van der Waals surface area contributed by atoms with Crippen molar-refractivity contribution in [1.29, 1.82) is 0 Å². The van der Waals surface area contributed by atoms with Gasteiger partial charge >= 0.3 is 5.97 Å². The molecular formula is C28H18Cl2N2O4S. The Morgan fingerprint density at radius 3 is 2.59 bits per heavy atom. The summed E-state index contributed by atoms with van der Waals surface area (Å²) in [7, 11) is 0. The average molecular weight is 549 g/mol. The van der Waals surface area contributed by atoms with Crippen LogP contribution in [0.5, 0.6) is 5.75 Å². The van der Waals surface area contributed by atoms with Gasteiger partial charge < -0.3 is 15.2 Å². The van der Waals surface area contributed by atoms with Crippen molar-refractivity contribution >= 4 is 74.5 Å². The molecule has 1 amide bonds. The Labute approximate surface area is 226 Å². The second-order valence-corrected chi connectivity index (χ2v) is 9.94. The number of thioether (sulfide) groups is 1. The molecule has 4 aromatic rings. The Morgan fingerprint density at radius 1 is 1.03 bits per heavy atom. The number of amidine groups is 1. The lowest BCUT2D eigenvalue weighted by molar-refractivity contribution is -0.115. The SMILES string of the molecule is O=C1NC(=Nc2ccc(Cl)c(C(=O)O)c2)S/C1=C\c1c(OCc2ccc(Cl)cc2)ccc2ccccc12. The molecule has 6 nitrogen and oxygen atoms in total. The number of halogens is 2. The molecular weight excluding hydrogens is 531 g/mol. The predicted octanol–water partition coefficient (Wildman–Crippen LogP) is 7.32. The van der Waals surface area contributed by atoms with Crippen molar-refractivity contribution in [2.24, 2.45) is 4.99 Å². The molecule has 37 heavy (non-hydrogen) atoms. The quantitative estimate of drug-likeness (QED) is 0.246. The highest BCUT2D eigenvalue weighted by atomic mass is 35.5. The molecule has 9 heteroatoms. The Bertz CT molecular complexity index is 1600. The van der Waals surface area contributed by atoms with E-state index in [1.165, 1.54) is 12.1 Å². The van der Waals surface area contributed by atoms with Crippen LogP contribution in [-0.4, -0.2) is 22.2 Å². The maximum Gasteiger partial charge on any atom is 0.337 e. The summed E-state index contributed by atoms with van der Waals surface area (Å²) in [4.78, 5) is 29.0. The first kappa shape index (κ1) is 24.9. The zero-order valence-electron chi connectivity index (χ0n) is 19.1. The van der Waals surface area contributed by atoms with Gasteiger partial charge in [0.25, 0.3) is 5.91 Å². The molecule has 1 aliphatic heterocycles. The number of nitrogens with zero attached hydrogens (tertiary/aromatic N) is 1. The van der Waals surface area contributed by atoms with E-state index in [4.69, 9.17) is 27.9 Å². The number of benzene rings is 4. The number of aromatic carboxylic acids is 1. The maximum absolute atomic E-state index is 12.8. The number of carboxylic acids is 1. The van der Waals surface area contributed by atoms with Gasteiger partial charge in [0.1, 0.15) is 12.4 Å². The van der Waals surface area contributed by atoms with E-state index in [0.717, 1.165) is 33.7 Å². The first-order valence-electron chi connectivity index (χ1n) is 11.1. The van der Waals surface area contributed by atoms with Gasteiger partial charge in [0.05, 0.1) is 21.2 Å². The second-order valence-electron chi connectivity index (χ2n) is 8.06. The van der Waals surface area contributed by atoms with Crippen LogP contribution in [0.2, 0.25) is 10.0 Å². The van der Waals surface area contributed by atoms with E-state index in [9.17, 15) is 14.7 Å². The first-order chi connectivity index (χ1) is 17.9. The molecule has 0 bridgehead atoms. The lowest BCUT2D eigenvalue weighted by Gasteiger charge is -2.13. The number of hydrogen-bond acceptors (Lipinski definition) is 5. The number of hydrogen-bond donors (Lipinski definition) is 2. The minimum Gasteiger partial charge on any atom is -0.488 e. The number of amides is 1. The molecule has 0 aliphatic carbocycles. The zero-order valence-corrected chi connectivity index (χ0v) is 21.4. The van der Waals surface area contributed by atoms with Crippen molar-refractivity contribution in [3.63, 3.8) is 0 Å². The fraction of sp³-hybridized carbons (Fsp3) is 0.0357. The topological polar surface area (TPSA) is 88.0 Å². The van der Waals surface area contributed by atoms with Gasteiger partial charge in [0, 0.05) is 10.6 Å². The van der Waals surface area contributed by atoms with E-state index in [-0.39, 0.29) is 16.5 Å². The molecule has 4 aromatic carbocycles. The molecule has 1 heterocycles. The molecule has 2 N–H and O–H groups in total. The predicted molar refractivity (Wildman–Crippen MR) is 149 cm³/mol. The van der Waals surface area contributed by atoms with Crippen molar-refractivity contribution in [3.05, 3.63) is 111 Å². The fourth-order valence-corrected chi connectivity index (χ4v) is 4.92. The summed E-state index contributed by atoms with van der Waals surface area (Å²) >= 11 is 13.1. The van der Waals surface area contributed by atoms with Crippen molar-refractivity contribution in [2.75, 3.05) is 0 Å². The summed E-state index contributed by atoms with van der Waals surface area (Å²) in [6, 6.07) is 23.5. The van der Waals surface area contributed by atoms with E-state index >= 15 is 0 Å². The smallest absolute Gasteiger partial charge is 0.337 e. The molecule has 184 valence electrons. The lowest BCUT2D eigenvalue weighted by Crippen LogP contribution is -2.19.